The Balaban J connectivity index is 0.000000209. The third-order valence-electron chi connectivity index (χ3n) is 2.87. The molecule has 1 atom stereocenters. The van der Waals surface area contributed by atoms with E-state index < -0.39 is 0 Å². The SMILES string of the molecule is C=C(C)C(=C)C.CC1=Cc2ccccc2[CH]1[Zr]. The summed E-state index contributed by atoms with van der Waals surface area (Å²) in [6.07, 6.45) is 2.30. The van der Waals surface area contributed by atoms with Crippen LogP contribution in [0.15, 0.2) is 54.1 Å². The third kappa shape index (κ3) is 3.93. The summed E-state index contributed by atoms with van der Waals surface area (Å²) in [6, 6.07) is 8.67. The summed E-state index contributed by atoms with van der Waals surface area (Å²) < 4.78 is 0.721. The maximum atomic E-state index is 3.66. The Labute approximate surface area is 120 Å². The molecule has 0 aromatic heterocycles. The molecule has 2 rings (SSSR count). The van der Waals surface area contributed by atoms with Crippen LogP contribution in [0.4, 0.5) is 0 Å². The van der Waals surface area contributed by atoms with Crippen LogP contribution in [-0.4, -0.2) is 0 Å². The van der Waals surface area contributed by atoms with Crippen molar-refractivity contribution < 1.29 is 24.7 Å². The van der Waals surface area contributed by atoms with Gasteiger partial charge in [-0.2, -0.15) is 0 Å². The van der Waals surface area contributed by atoms with Gasteiger partial charge in [-0.1, -0.05) is 24.3 Å². The first-order valence-electron chi connectivity index (χ1n) is 5.73. The molecule has 0 saturated heterocycles. The Hall–Kier alpha value is -0.677. The van der Waals surface area contributed by atoms with Crippen LogP contribution in [0.25, 0.3) is 6.08 Å². The number of fused-ring (bicyclic) bond motifs is 1. The molecule has 1 aromatic carbocycles. The molecule has 87 valence electrons. The number of hydrogen-bond donors (Lipinski definition) is 0. The predicted molar refractivity (Wildman–Crippen MR) is 72.5 cm³/mol. The van der Waals surface area contributed by atoms with Gasteiger partial charge in [-0.15, -0.1) is 0 Å². The Bertz CT molecular complexity index is 454. The normalized spacial score (nSPS) is 16.4. The van der Waals surface area contributed by atoms with Gasteiger partial charge in [0.1, 0.15) is 0 Å². The van der Waals surface area contributed by atoms with Gasteiger partial charge in [-0.05, 0) is 13.8 Å². The van der Waals surface area contributed by atoms with Crippen molar-refractivity contribution in [2.45, 2.75) is 24.4 Å². The molecule has 0 spiro atoms. The van der Waals surface area contributed by atoms with Crippen LogP contribution in [0.2, 0.25) is 0 Å². The van der Waals surface area contributed by atoms with Crippen molar-refractivity contribution in [3.63, 3.8) is 0 Å². The van der Waals surface area contributed by atoms with Crippen LogP contribution in [-0.2, 0) is 24.7 Å². The summed E-state index contributed by atoms with van der Waals surface area (Å²) in [5.74, 6) is 0. The van der Waals surface area contributed by atoms with Crippen LogP contribution in [0.1, 0.15) is 35.5 Å². The quantitative estimate of drug-likeness (QED) is 0.652. The fourth-order valence-electron chi connectivity index (χ4n) is 1.48. The molecule has 0 saturated carbocycles. The fourth-order valence-corrected chi connectivity index (χ4v) is 2.33. The van der Waals surface area contributed by atoms with Crippen molar-refractivity contribution in [2.24, 2.45) is 0 Å². The fraction of sp³-hybridized carbons (Fsp3) is 0.250. The second-order valence-electron chi connectivity index (χ2n) is 4.51. The van der Waals surface area contributed by atoms with Crippen molar-refractivity contribution in [3.8, 4) is 0 Å². The van der Waals surface area contributed by atoms with Gasteiger partial charge in [-0.25, -0.2) is 0 Å². The van der Waals surface area contributed by atoms with E-state index >= 15 is 0 Å². The van der Waals surface area contributed by atoms with Gasteiger partial charge in [0, 0.05) is 0 Å². The number of rotatable bonds is 1. The zero-order valence-corrected chi connectivity index (χ0v) is 13.3. The molecule has 0 radical (unpaired) electrons. The van der Waals surface area contributed by atoms with Gasteiger partial charge in [0.15, 0.2) is 0 Å². The van der Waals surface area contributed by atoms with Gasteiger partial charge < -0.3 is 0 Å². The summed E-state index contributed by atoms with van der Waals surface area (Å²) in [5, 5.41) is 0. The molecular weight excluding hydrogens is 283 g/mol. The standard InChI is InChI=1S/C10H9.C6H10.Zr/c1-8-6-9-4-2-3-5-10(9)7-8;1-5(2)6(3)4;/h2-7H,1H3;1,3H2,2,4H3;. The minimum atomic E-state index is 0.721. The van der Waals surface area contributed by atoms with Crippen molar-refractivity contribution in [2.75, 3.05) is 0 Å². The summed E-state index contributed by atoms with van der Waals surface area (Å²) in [6.45, 7) is 13.4. The van der Waals surface area contributed by atoms with Crippen molar-refractivity contribution in [1.29, 1.82) is 0 Å². The first-order chi connectivity index (χ1) is 7.93. The Kier molecular flexibility index (Phi) is 5.34. The van der Waals surface area contributed by atoms with Gasteiger partial charge >= 0.3 is 82.3 Å². The molecular formula is C16H19Zr. The van der Waals surface area contributed by atoms with Crippen LogP contribution < -0.4 is 0 Å². The molecule has 0 bridgehead atoms. The zero-order chi connectivity index (χ0) is 13.0. The average Bonchev–Trinajstić information content (AvgIpc) is 2.56. The number of allylic oxidation sites excluding steroid dienone is 3. The molecule has 1 aromatic rings. The van der Waals surface area contributed by atoms with E-state index in [-0.39, 0.29) is 0 Å². The van der Waals surface area contributed by atoms with Crippen LogP contribution >= 0.6 is 0 Å². The first kappa shape index (κ1) is 14.4. The summed E-state index contributed by atoms with van der Waals surface area (Å²) in [4.78, 5) is 0. The second-order valence-corrected chi connectivity index (χ2v) is 5.93. The molecule has 0 nitrogen and oxygen atoms in total. The van der Waals surface area contributed by atoms with E-state index in [1.807, 2.05) is 13.8 Å². The van der Waals surface area contributed by atoms with E-state index in [9.17, 15) is 0 Å². The van der Waals surface area contributed by atoms with Gasteiger partial charge in [-0.3, -0.25) is 0 Å². The second kappa shape index (κ2) is 6.31. The van der Waals surface area contributed by atoms with Crippen LogP contribution in [0, 0.1) is 0 Å². The summed E-state index contributed by atoms with van der Waals surface area (Å²) in [5.41, 5.74) is 6.59. The molecule has 0 aliphatic heterocycles. The van der Waals surface area contributed by atoms with Gasteiger partial charge in [0.2, 0.25) is 0 Å². The molecule has 1 unspecified atom stereocenters. The van der Waals surface area contributed by atoms with Crippen molar-refractivity contribution in [1.82, 2.24) is 0 Å². The number of benzene rings is 1. The molecule has 0 amide bonds. The monoisotopic (exact) mass is 301 g/mol. The Morgan fingerprint density at radius 1 is 1.12 bits per heavy atom. The van der Waals surface area contributed by atoms with E-state index in [2.05, 4.69) is 50.4 Å². The van der Waals surface area contributed by atoms with Gasteiger partial charge in [0.25, 0.3) is 0 Å². The Morgan fingerprint density at radius 2 is 1.65 bits per heavy atom. The van der Waals surface area contributed by atoms with E-state index in [4.69, 9.17) is 0 Å². The van der Waals surface area contributed by atoms with E-state index in [0.29, 0.717) is 0 Å². The molecule has 0 N–H and O–H groups in total. The topological polar surface area (TPSA) is 0 Å². The molecule has 1 aliphatic rings. The Morgan fingerprint density at radius 3 is 2.12 bits per heavy atom. The molecule has 1 heteroatoms. The molecule has 0 fully saturated rings. The summed E-state index contributed by atoms with van der Waals surface area (Å²) in [7, 11) is 0. The molecule has 1 aliphatic carbocycles. The van der Waals surface area contributed by atoms with Crippen LogP contribution in [0.3, 0.4) is 0 Å². The van der Waals surface area contributed by atoms with Gasteiger partial charge in [0.05, 0.1) is 0 Å². The average molecular weight is 303 g/mol. The van der Waals surface area contributed by atoms with Crippen molar-refractivity contribution in [3.05, 3.63) is 65.3 Å². The zero-order valence-electron chi connectivity index (χ0n) is 10.9. The molecule has 0 heterocycles. The predicted octanol–water partition coefficient (Wildman–Crippen LogP) is 4.83. The first-order valence-corrected chi connectivity index (χ1v) is 7.15. The van der Waals surface area contributed by atoms with E-state index in [1.54, 1.807) is 24.7 Å². The number of hydrogen-bond acceptors (Lipinski definition) is 0. The summed E-state index contributed by atoms with van der Waals surface area (Å²) >= 11 is 1.60. The maximum absolute atomic E-state index is 3.66. The molecule has 17 heavy (non-hydrogen) atoms. The van der Waals surface area contributed by atoms with Crippen LogP contribution in [0.5, 0.6) is 0 Å². The minimum absolute atomic E-state index is 0.721. The third-order valence-corrected chi connectivity index (χ3v) is 4.76. The van der Waals surface area contributed by atoms with Crippen molar-refractivity contribution >= 4 is 6.08 Å². The van der Waals surface area contributed by atoms with E-state index in [1.165, 1.54) is 16.7 Å². The van der Waals surface area contributed by atoms with E-state index in [0.717, 1.165) is 14.8 Å².